The van der Waals surface area contributed by atoms with Crippen molar-refractivity contribution in [2.24, 2.45) is 22.5 Å². The maximum atomic E-state index is 13.8. The number of aryl methyl sites for hydroxylation is 1. The van der Waals surface area contributed by atoms with Gasteiger partial charge in [-0.05, 0) is 55.6 Å². The number of para-hydroxylation sites is 1. The van der Waals surface area contributed by atoms with Crippen LogP contribution in [0, 0.1) is 23.7 Å². The first-order chi connectivity index (χ1) is 17.2. The number of nitrogens with zero attached hydrogens (tertiary/aromatic N) is 2. The van der Waals surface area contributed by atoms with Gasteiger partial charge < -0.3 is 16.0 Å². The molecule has 0 spiro atoms. The number of nitrogens with one attached hydrogen (secondary N) is 1. The minimum absolute atomic E-state index is 0.00259. The van der Waals surface area contributed by atoms with Crippen LogP contribution in [-0.2, 0) is 24.7 Å². The van der Waals surface area contributed by atoms with Crippen LogP contribution in [0.5, 0.6) is 0 Å². The Labute approximate surface area is 222 Å². The average Bonchev–Trinajstić information content (AvgIpc) is 3.17. The van der Waals surface area contributed by atoms with Crippen molar-refractivity contribution >= 4 is 31.5 Å². The molecule has 37 heavy (non-hydrogen) atoms. The summed E-state index contributed by atoms with van der Waals surface area (Å²) in [5, 5.41) is 3.05. The Morgan fingerprint density at radius 1 is 1.14 bits per heavy atom. The molecule has 4 rings (SSSR count). The van der Waals surface area contributed by atoms with Crippen LogP contribution in [0.1, 0.15) is 45.1 Å². The van der Waals surface area contributed by atoms with Crippen LogP contribution in [-0.4, -0.2) is 83.1 Å². The zero-order valence-electron chi connectivity index (χ0n) is 22.4. The number of amides is 1. The third-order valence-electron chi connectivity index (χ3n) is 9.41. The molecule has 1 aromatic rings. The van der Waals surface area contributed by atoms with Crippen molar-refractivity contribution in [1.29, 1.82) is 0 Å². The van der Waals surface area contributed by atoms with Gasteiger partial charge >= 0.3 is 0 Å². The zero-order valence-corrected chi connectivity index (χ0v) is 24.1. The summed E-state index contributed by atoms with van der Waals surface area (Å²) in [6.07, 6.45) is 3.55. The first-order valence-electron chi connectivity index (χ1n) is 13.2. The number of carbonyl (C=O) groups excluding carboxylic acids is 1. The Bertz CT molecular complexity index is 1230. The van der Waals surface area contributed by atoms with Gasteiger partial charge in [-0.3, -0.25) is 4.79 Å². The number of hydrogen-bond acceptors (Lipinski definition) is 7. The minimum Gasteiger partial charge on any atom is -0.369 e. The molecule has 1 aliphatic heterocycles. The summed E-state index contributed by atoms with van der Waals surface area (Å²) in [6, 6.07) is 6.90. The summed E-state index contributed by atoms with van der Waals surface area (Å²) in [6.45, 7) is 8.47. The second kappa shape index (κ2) is 10.1. The van der Waals surface area contributed by atoms with Crippen LogP contribution in [0.2, 0.25) is 0 Å². The van der Waals surface area contributed by atoms with E-state index in [2.05, 4.69) is 43.1 Å². The molecule has 1 amide bonds. The fraction of sp³-hybridized carbons (Fsp3) is 0.731. The topological polar surface area (TPSA) is 130 Å². The number of hydrogen-bond donors (Lipinski definition) is 2. The molecular formula is C26H42N4O5S2. The fourth-order valence-electron chi connectivity index (χ4n) is 6.92. The Morgan fingerprint density at radius 2 is 1.78 bits per heavy atom. The summed E-state index contributed by atoms with van der Waals surface area (Å²) in [5.74, 6) is -0.245. The van der Waals surface area contributed by atoms with E-state index >= 15 is 0 Å². The molecular weight excluding hydrogens is 512 g/mol. The number of anilines is 1. The Morgan fingerprint density at radius 3 is 2.38 bits per heavy atom. The molecule has 3 unspecified atom stereocenters. The third-order valence-corrected chi connectivity index (χ3v) is 12.4. The molecule has 3 N–H and O–H groups in total. The molecule has 11 heteroatoms. The van der Waals surface area contributed by atoms with Gasteiger partial charge in [0, 0.05) is 49.6 Å². The number of carbonyl (C=O) groups is 1. The quantitative estimate of drug-likeness (QED) is 0.473. The molecule has 1 heterocycles. The SMILES string of the molecule is Cc1ccccc1N1CCN(S(=O)(=O)CC23CCC(CC2NC(=O)[C@H](N)CCS(C)(=O)=O)C3(C)C)CC1. The predicted molar refractivity (Wildman–Crippen MR) is 147 cm³/mol. The highest BCUT2D eigenvalue weighted by molar-refractivity contribution is 7.90. The van der Waals surface area contributed by atoms with E-state index < -0.39 is 37.2 Å². The summed E-state index contributed by atoms with van der Waals surface area (Å²) in [4.78, 5) is 15.2. The molecule has 3 fully saturated rings. The van der Waals surface area contributed by atoms with Gasteiger partial charge in [0.15, 0.2) is 0 Å². The number of piperazine rings is 1. The molecule has 4 atom stereocenters. The molecule has 3 aliphatic rings. The van der Waals surface area contributed by atoms with Gasteiger partial charge in [0.05, 0.1) is 17.5 Å². The largest absolute Gasteiger partial charge is 0.369 e. The van der Waals surface area contributed by atoms with Crippen LogP contribution in [0.25, 0.3) is 0 Å². The van der Waals surface area contributed by atoms with Gasteiger partial charge in [-0.1, -0.05) is 32.0 Å². The molecule has 2 saturated carbocycles. The lowest BCUT2D eigenvalue weighted by molar-refractivity contribution is -0.124. The summed E-state index contributed by atoms with van der Waals surface area (Å²) < 4.78 is 52.2. The molecule has 2 bridgehead atoms. The van der Waals surface area contributed by atoms with E-state index in [1.807, 2.05) is 12.1 Å². The summed E-state index contributed by atoms with van der Waals surface area (Å²) >= 11 is 0. The Kier molecular flexibility index (Phi) is 7.75. The average molecular weight is 555 g/mol. The van der Waals surface area contributed by atoms with Crippen LogP contribution in [0.3, 0.4) is 0 Å². The minimum atomic E-state index is -3.57. The lowest BCUT2D eigenvalue weighted by atomic mass is 9.69. The van der Waals surface area contributed by atoms with Crippen LogP contribution in [0.4, 0.5) is 5.69 Å². The summed E-state index contributed by atoms with van der Waals surface area (Å²) in [5.41, 5.74) is 7.50. The third kappa shape index (κ3) is 5.55. The lowest BCUT2D eigenvalue weighted by Crippen LogP contribution is -2.57. The van der Waals surface area contributed by atoms with E-state index in [9.17, 15) is 21.6 Å². The molecule has 0 aromatic heterocycles. The van der Waals surface area contributed by atoms with Gasteiger partial charge in [-0.2, -0.15) is 4.31 Å². The smallest absolute Gasteiger partial charge is 0.237 e. The molecule has 2 aliphatic carbocycles. The predicted octanol–water partition coefficient (Wildman–Crippen LogP) is 1.52. The standard InChI is InChI=1S/C26H42N4O5S2/c1-19-7-5-6-8-22(19)29-12-14-30(15-13-29)37(34,35)18-26-11-9-20(25(26,2)3)17-23(26)28-24(31)21(27)10-16-36(4,32)33/h5-8,20-21,23H,9-18,27H2,1-4H3,(H,28,31)/t20?,21-,23?,26?/m1/s1. The van der Waals surface area contributed by atoms with Gasteiger partial charge in [-0.15, -0.1) is 0 Å². The highest BCUT2D eigenvalue weighted by atomic mass is 32.2. The molecule has 9 nitrogen and oxygen atoms in total. The van der Waals surface area contributed by atoms with Gasteiger partial charge in [0.1, 0.15) is 9.84 Å². The van der Waals surface area contributed by atoms with Crippen LogP contribution >= 0.6 is 0 Å². The van der Waals surface area contributed by atoms with Gasteiger partial charge in [-0.25, -0.2) is 16.8 Å². The number of nitrogens with two attached hydrogens (primary N) is 1. The molecule has 1 aromatic carbocycles. The van der Waals surface area contributed by atoms with E-state index in [1.54, 1.807) is 4.31 Å². The van der Waals surface area contributed by atoms with Crippen molar-refractivity contribution < 1.29 is 21.6 Å². The molecule has 208 valence electrons. The Hall–Kier alpha value is -1.69. The van der Waals surface area contributed by atoms with Gasteiger partial charge in [0.2, 0.25) is 15.9 Å². The van der Waals surface area contributed by atoms with Gasteiger partial charge in [0.25, 0.3) is 0 Å². The van der Waals surface area contributed by atoms with Crippen LogP contribution < -0.4 is 16.0 Å². The zero-order chi connectivity index (χ0) is 27.2. The second-order valence-electron chi connectivity index (χ2n) is 11.9. The highest BCUT2D eigenvalue weighted by Crippen LogP contribution is 2.66. The maximum absolute atomic E-state index is 13.8. The van der Waals surface area contributed by atoms with Crippen molar-refractivity contribution in [2.75, 3.05) is 48.8 Å². The van der Waals surface area contributed by atoms with Crippen molar-refractivity contribution in [2.45, 2.75) is 58.5 Å². The van der Waals surface area contributed by atoms with Crippen LogP contribution in [0.15, 0.2) is 24.3 Å². The normalized spacial score (nSPS) is 28.8. The van der Waals surface area contributed by atoms with E-state index in [0.717, 1.165) is 24.8 Å². The van der Waals surface area contributed by atoms with Crippen molar-refractivity contribution in [3.63, 3.8) is 0 Å². The van der Waals surface area contributed by atoms with Crippen molar-refractivity contribution in [3.8, 4) is 0 Å². The molecule has 1 saturated heterocycles. The first-order valence-corrected chi connectivity index (χ1v) is 16.9. The molecule has 0 radical (unpaired) electrons. The van der Waals surface area contributed by atoms with E-state index in [-0.39, 0.29) is 29.4 Å². The van der Waals surface area contributed by atoms with E-state index in [4.69, 9.17) is 5.73 Å². The monoisotopic (exact) mass is 554 g/mol. The number of sulfone groups is 1. The first kappa shape index (κ1) is 28.3. The maximum Gasteiger partial charge on any atom is 0.237 e. The Balaban J connectivity index is 1.46. The van der Waals surface area contributed by atoms with E-state index in [1.165, 1.54) is 5.56 Å². The summed E-state index contributed by atoms with van der Waals surface area (Å²) in [7, 11) is -6.80. The number of sulfonamides is 1. The highest BCUT2D eigenvalue weighted by Gasteiger charge is 2.65. The number of benzene rings is 1. The van der Waals surface area contributed by atoms with Crippen molar-refractivity contribution in [1.82, 2.24) is 9.62 Å². The number of rotatable bonds is 9. The fourth-order valence-corrected chi connectivity index (χ4v) is 9.87. The lowest BCUT2D eigenvalue weighted by Gasteiger charge is -2.44. The van der Waals surface area contributed by atoms with E-state index in [0.29, 0.717) is 38.5 Å². The van der Waals surface area contributed by atoms with Crippen molar-refractivity contribution in [3.05, 3.63) is 29.8 Å². The second-order valence-corrected chi connectivity index (χ2v) is 16.1. The number of fused-ring (bicyclic) bond motifs is 2.